The predicted octanol–water partition coefficient (Wildman–Crippen LogP) is 6.62. The Morgan fingerprint density at radius 2 is 1.38 bits per heavy atom. The zero-order chi connectivity index (χ0) is 18.5. The second-order valence-electron chi connectivity index (χ2n) is 6.37. The molecule has 0 spiro atoms. The van der Waals surface area contributed by atoms with Gasteiger partial charge in [0.15, 0.2) is 0 Å². The van der Waals surface area contributed by atoms with E-state index in [1.165, 1.54) is 35.9 Å². The summed E-state index contributed by atoms with van der Waals surface area (Å²) in [6.45, 7) is 2.11. The minimum Gasteiger partial charge on any atom is -0.207 e. The van der Waals surface area contributed by atoms with Crippen LogP contribution in [-0.4, -0.2) is 0 Å². The number of rotatable bonds is 5. The van der Waals surface area contributed by atoms with Gasteiger partial charge < -0.3 is 0 Å². The maximum atomic E-state index is 14.4. The molecule has 0 saturated heterocycles. The van der Waals surface area contributed by atoms with E-state index in [4.69, 9.17) is 0 Å². The normalized spacial score (nSPS) is 12.5. The smallest absolute Gasteiger partial charge is 0.133 e. The van der Waals surface area contributed by atoms with Crippen LogP contribution in [0.5, 0.6) is 0 Å². The number of halogens is 3. The van der Waals surface area contributed by atoms with Crippen molar-refractivity contribution in [3.63, 3.8) is 0 Å². The van der Waals surface area contributed by atoms with E-state index in [1.807, 2.05) is 24.3 Å². The molecule has 0 saturated carbocycles. The van der Waals surface area contributed by atoms with Crippen molar-refractivity contribution in [2.75, 3.05) is 0 Å². The largest absolute Gasteiger partial charge is 0.207 e. The molecule has 0 aliphatic rings. The molecule has 0 radical (unpaired) electrons. The molecule has 0 aliphatic carbocycles. The van der Waals surface area contributed by atoms with Crippen molar-refractivity contribution in [1.29, 1.82) is 0 Å². The van der Waals surface area contributed by atoms with Gasteiger partial charge in [0, 0.05) is 17.2 Å². The van der Waals surface area contributed by atoms with Crippen LogP contribution in [0.2, 0.25) is 0 Å². The molecule has 1 atom stereocenters. The highest BCUT2D eigenvalue weighted by molar-refractivity contribution is 5.70. The first-order valence-corrected chi connectivity index (χ1v) is 8.49. The molecule has 3 aromatic carbocycles. The Bertz CT molecular complexity index is 914. The summed E-state index contributed by atoms with van der Waals surface area (Å²) in [4.78, 5) is 0. The Morgan fingerprint density at radius 3 is 2.00 bits per heavy atom. The summed E-state index contributed by atoms with van der Waals surface area (Å²) in [5, 5.41) is 0. The minimum absolute atomic E-state index is 0.215. The molecule has 0 N–H and O–H groups in total. The van der Waals surface area contributed by atoms with E-state index in [0.29, 0.717) is 5.56 Å². The van der Waals surface area contributed by atoms with Crippen LogP contribution in [-0.2, 0) is 6.42 Å². The maximum Gasteiger partial charge on any atom is 0.133 e. The Kier molecular flexibility index (Phi) is 5.57. The molecule has 3 aromatic rings. The summed E-state index contributed by atoms with van der Waals surface area (Å²) in [5.41, 5.74) is 2.70. The van der Waals surface area contributed by atoms with Crippen molar-refractivity contribution in [2.45, 2.75) is 19.3 Å². The van der Waals surface area contributed by atoms with Gasteiger partial charge in [0.2, 0.25) is 0 Å². The van der Waals surface area contributed by atoms with Crippen LogP contribution < -0.4 is 0 Å². The second kappa shape index (κ2) is 8.05. The summed E-state index contributed by atoms with van der Waals surface area (Å²) >= 11 is 0. The lowest BCUT2D eigenvalue weighted by atomic mass is 9.93. The van der Waals surface area contributed by atoms with E-state index in [9.17, 15) is 13.2 Å². The van der Waals surface area contributed by atoms with Gasteiger partial charge in [0.25, 0.3) is 0 Å². The van der Waals surface area contributed by atoms with Crippen molar-refractivity contribution < 1.29 is 13.2 Å². The number of benzene rings is 3. The Labute approximate surface area is 151 Å². The van der Waals surface area contributed by atoms with Gasteiger partial charge in [-0.2, -0.15) is 0 Å². The van der Waals surface area contributed by atoms with E-state index in [0.717, 1.165) is 18.1 Å². The molecule has 3 rings (SSSR count). The molecule has 1 unspecified atom stereocenters. The van der Waals surface area contributed by atoms with Crippen molar-refractivity contribution in [1.82, 2.24) is 0 Å². The molecule has 0 heterocycles. The fourth-order valence-corrected chi connectivity index (χ4v) is 2.90. The molecule has 26 heavy (non-hydrogen) atoms. The fraction of sp³-hybridized carbons (Fsp3) is 0.130. The van der Waals surface area contributed by atoms with Crippen molar-refractivity contribution >= 4 is 12.2 Å². The highest BCUT2D eigenvalue weighted by Crippen LogP contribution is 2.22. The van der Waals surface area contributed by atoms with E-state index in [-0.39, 0.29) is 17.3 Å². The first kappa shape index (κ1) is 18.0. The molecule has 0 amide bonds. The van der Waals surface area contributed by atoms with E-state index < -0.39 is 11.6 Å². The average molecular weight is 352 g/mol. The van der Waals surface area contributed by atoms with Crippen LogP contribution in [0.4, 0.5) is 13.2 Å². The average Bonchev–Trinajstić information content (AvgIpc) is 2.63. The van der Waals surface area contributed by atoms with Gasteiger partial charge in [-0.3, -0.25) is 0 Å². The molecule has 0 fully saturated rings. The maximum absolute atomic E-state index is 14.4. The summed E-state index contributed by atoms with van der Waals surface area (Å²) in [5.74, 6) is -1.38. The first-order valence-electron chi connectivity index (χ1n) is 8.49. The van der Waals surface area contributed by atoms with Crippen LogP contribution in [0.1, 0.15) is 35.1 Å². The van der Waals surface area contributed by atoms with Crippen LogP contribution >= 0.6 is 0 Å². The zero-order valence-corrected chi connectivity index (χ0v) is 14.4. The topological polar surface area (TPSA) is 0 Å². The van der Waals surface area contributed by atoms with Gasteiger partial charge in [-0.15, -0.1) is 0 Å². The molecule has 0 aliphatic heterocycles. The van der Waals surface area contributed by atoms with Crippen molar-refractivity contribution in [2.24, 2.45) is 0 Å². The molecular formula is C23H19F3. The third kappa shape index (κ3) is 4.42. The summed E-state index contributed by atoms with van der Waals surface area (Å²) in [6, 6.07) is 18.5. The Balaban J connectivity index is 1.74. The monoisotopic (exact) mass is 352 g/mol. The lowest BCUT2D eigenvalue weighted by Crippen LogP contribution is -1.99. The van der Waals surface area contributed by atoms with E-state index in [2.05, 4.69) is 19.1 Å². The van der Waals surface area contributed by atoms with Gasteiger partial charge in [-0.05, 0) is 41.7 Å². The summed E-state index contributed by atoms with van der Waals surface area (Å²) in [7, 11) is 0. The first-order chi connectivity index (χ1) is 12.5. The van der Waals surface area contributed by atoms with Gasteiger partial charge in [0.1, 0.15) is 17.5 Å². The van der Waals surface area contributed by atoms with E-state index >= 15 is 0 Å². The molecule has 3 heteroatoms. The van der Waals surface area contributed by atoms with Gasteiger partial charge in [-0.1, -0.05) is 61.5 Å². The standard InChI is InChI=1S/C23H19F3/c1-16(18-5-3-2-4-6-18)13-17-7-8-19(22(25)14-17)9-10-20-11-12-21(24)15-23(20)26/h2-12,14-16H,13H2,1H3/b10-9+. The van der Waals surface area contributed by atoms with Gasteiger partial charge in [0.05, 0.1) is 0 Å². The molecule has 132 valence electrons. The molecule has 0 bridgehead atoms. The van der Waals surface area contributed by atoms with Crippen LogP contribution in [0.15, 0.2) is 66.7 Å². The molecular weight excluding hydrogens is 333 g/mol. The van der Waals surface area contributed by atoms with E-state index in [1.54, 1.807) is 6.07 Å². The molecule has 0 aromatic heterocycles. The predicted molar refractivity (Wildman–Crippen MR) is 100 cm³/mol. The van der Waals surface area contributed by atoms with Gasteiger partial charge >= 0.3 is 0 Å². The number of hydrogen-bond acceptors (Lipinski definition) is 0. The lowest BCUT2D eigenvalue weighted by molar-refractivity contribution is 0.581. The Hall–Kier alpha value is -2.81. The quantitative estimate of drug-likeness (QED) is 0.453. The van der Waals surface area contributed by atoms with Crippen LogP contribution in [0.25, 0.3) is 12.2 Å². The highest BCUT2D eigenvalue weighted by atomic mass is 19.1. The van der Waals surface area contributed by atoms with Crippen LogP contribution in [0.3, 0.4) is 0 Å². The number of hydrogen-bond donors (Lipinski definition) is 0. The van der Waals surface area contributed by atoms with Crippen molar-refractivity contribution in [3.8, 4) is 0 Å². The Morgan fingerprint density at radius 1 is 0.769 bits per heavy atom. The second-order valence-corrected chi connectivity index (χ2v) is 6.37. The van der Waals surface area contributed by atoms with Crippen molar-refractivity contribution in [3.05, 3.63) is 106 Å². The third-order valence-electron chi connectivity index (χ3n) is 4.38. The lowest BCUT2D eigenvalue weighted by Gasteiger charge is -2.12. The summed E-state index contributed by atoms with van der Waals surface area (Å²) < 4.78 is 40.9. The van der Waals surface area contributed by atoms with Crippen LogP contribution in [0, 0.1) is 17.5 Å². The van der Waals surface area contributed by atoms with Gasteiger partial charge in [-0.25, -0.2) is 13.2 Å². The molecule has 0 nitrogen and oxygen atoms in total. The third-order valence-corrected chi connectivity index (χ3v) is 4.38. The fourth-order valence-electron chi connectivity index (χ4n) is 2.90. The SMILES string of the molecule is CC(Cc1ccc(/C=C/c2ccc(F)cc2F)c(F)c1)c1ccccc1. The highest BCUT2D eigenvalue weighted by Gasteiger charge is 2.08. The minimum atomic E-state index is -0.671. The zero-order valence-electron chi connectivity index (χ0n) is 14.4. The summed E-state index contributed by atoms with van der Waals surface area (Å²) in [6.07, 6.45) is 3.67.